The van der Waals surface area contributed by atoms with Gasteiger partial charge in [0, 0.05) is 17.3 Å². The number of pyridine rings is 1. The van der Waals surface area contributed by atoms with Crippen LogP contribution in [-0.2, 0) is 9.53 Å². The maximum atomic E-state index is 11.9. The van der Waals surface area contributed by atoms with Gasteiger partial charge in [0.15, 0.2) is 0 Å². The summed E-state index contributed by atoms with van der Waals surface area (Å²) in [5, 5.41) is 13.9. The topological polar surface area (TPSA) is 67.4 Å². The summed E-state index contributed by atoms with van der Waals surface area (Å²) in [5.74, 6) is -0.630. The summed E-state index contributed by atoms with van der Waals surface area (Å²) in [7, 11) is 0. The molecule has 3 aromatic rings. The van der Waals surface area contributed by atoms with Gasteiger partial charge in [-0.25, -0.2) is 9.31 Å². The number of carbonyl (C=O) groups excluding carboxylic acids is 1. The molecule has 0 atom stereocenters. The third-order valence-electron chi connectivity index (χ3n) is 3.53. The van der Waals surface area contributed by atoms with E-state index < -0.39 is 5.97 Å². The SMILES string of the molecule is CCOC(=O)/C(C#N)=C\c1c(-c2ccccc2)nn2ccccc12. The van der Waals surface area contributed by atoms with Gasteiger partial charge < -0.3 is 4.74 Å². The van der Waals surface area contributed by atoms with Crippen molar-refractivity contribution < 1.29 is 9.53 Å². The lowest BCUT2D eigenvalue weighted by molar-refractivity contribution is -0.137. The van der Waals surface area contributed by atoms with Crippen molar-refractivity contribution in [2.45, 2.75) is 6.92 Å². The van der Waals surface area contributed by atoms with E-state index in [0.29, 0.717) is 11.3 Å². The van der Waals surface area contributed by atoms with Crippen LogP contribution in [0.1, 0.15) is 12.5 Å². The highest BCUT2D eigenvalue weighted by molar-refractivity contribution is 6.00. The fourth-order valence-corrected chi connectivity index (χ4v) is 2.46. The molecule has 0 aliphatic heterocycles. The number of hydrogen-bond acceptors (Lipinski definition) is 4. The minimum atomic E-state index is -0.630. The highest BCUT2D eigenvalue weighted by Crippen LogP contribution is 2.28. The minimum absolute atomic E-state index is 0.0483. The molecule has 5 heteroatoms. The van der Waals surface area contributed by atoms with Crippen molar-refractivity contribution in [3.8, 4) is 17.3 Å². The van der Waals surface area contributed by atoms with Crippen LogP contribution in [0, 0.1) is 11.3 Å². The van der Waals surface area contributed by atoms with Crippen LogP contribution >= 0.6 is 0 Å². The summed E-state index contributed by atoms with van der Waals surface area (Å²) in [6.45, 7) is 1.93. The number of aromatic nitrogens is 2. The molecule has 0 bridgehead atoms. The predicted octanol–water partition coefficient (Wildman–Crippen LogP) is 3.47. The number of ether oxygens (including phenoxy) is 1. The van der Waals surface area contributed by atoms with E-state index in [2.05, 4.69) is 5.10 Å². The second kappa shape index (κ2) is 6.80. The predicted molar refractivity (Wildman–Crippen MR) is 90.9 cm³/mol. The highest BCUT2D eigenvalue weighted by atomic mass is 16.5. The smallest absolute Gasteiger partial charge is 0.348 e. The second-order valence-corrected chi connectivity index (χ2v) is 5.05. The van der Waals surface area contributed by atoms with Crippen LogP contribution in [0.4, 0.5) is 0 Å². The molecule has 0 saturated carbocycles. The van der Waals surface area contributed by atoms with Crippen molar-refractivity contribution >= 4 is 17.6 Å². The van der Waals surface area contributed by atoms with E-state index in [1.165, 1.54) is 0 Å². The first-order valence-electron chi connectivity index (χ1n) is 7.56. The molecule has 5 nitrogen and oxygen atoms in total. The fraction of sp³-hybridized carbons (Fsp3) is 0.105. The van der Waals surface area contributed by atoms with E-state index in [1.807, 2.05) is 60.8 Å². The highest BCUT2D eigenvalue weighted by Gasteiger charge is 2.16. The van der Waals surface area contributed by atoms with Crippen molar-refractivity contribution in [1.29, 1.82) is 5.26 Å². The lowest BCUT2D eigenvalue weighted by Crippen LogP contribution is -2.06. The van der Waals surface area contributed by atoms with Crippen molar-refractivity contribution in [3.05, 3.63) is 65.9 Å². The quantitative estimate of drug-likeness (QED) is 0.420. The number of fused-ring (bicyclic) bond motifs is 1. The molecule has 118 valence electrons. The summed E-state index contributed by atoms with van der Waals surface area (Å²) in [6.07, 6.45) is 3.37. The molecule has 2 aromatic heterocycles. The van der Waals surface area contributed by atoms with Gasteiger partial charge in [-0.1, -0.05) is 36.4 Å². The molecule has 0 N–H and O–H groups in total. The molecule has 0 saturated heterocycles. The van der Waals surface area contributed by atoms with E-state index >= 15 is 0 Å². The number of rotatable bonds is 4. The lowest BCUT2D eigenvalue weighted by Gasteiger charge is -2.01. The van der Waals surface area contributed by atoms with E-state index in [0.717, 1.165) is 11.1 Å². The molecule has 0 fully saturated rings. The Kier molecular flexibility index (Phi) is 4.39. The Morgan fingerprint density at radius 1 is 1.25 bits per heavy atom. The Morgan fingerprint density at radius 2 is 2.00 bits per heavy atom. The molecule has 0 spiro atoms. The molecule has 0 radical (unpaired) electrons. The first kappa shape index (κ1) is 15.5. The van der Waals surface area contributed by atoms with Crippen LogP contribution in [0.5, 0.6) is 0 Å². The van der Waals surface area contributed by atoms with E-state index in [1.54, 1.807) is 17.5 Å². The third kappa shape index (κ3) is 2.90. The minimum Gasteiger partial charge on any atom is -0.462 e. The standard InChI is InChI=1S/C19H15N3O2/c1-2-24-19(23)15(13-20)12-16-17-10-6-7-11-22(17)21-18(16)14-8-4-3-5-9-14/h3-12H,2H2,1H3/b15-12-. The van der Waals surface area contributed by atoms with Gasteiger partial charge in [0.25, 0.3) is 0 Å². The van der Waals surface area contributed by atoms with Crippen LogP contribution in [0.2, 0.25) is 0 Å². The van der Waals surface area contributed by atoms with Crippen molar-refractivity contribution in [3.63, 3.8) is 0 Å². The van der Waals surface area contributed by atoms with Crippen LogP contribution in [0.3, 0.4) is 0 Å². The van der Waals surface area contributed by atoms with Gasteiger partial charge in [0.1, 0.15) is 17.3 Å². The molecule has 1 aromatic carbocycles. The molecule has 24 heavy (non-hydrogen) atoms. The Balaban J connectivity index is 2.22. The zero-order valence-electron chi connectivity index (χ0n) is 13.1. The number of nitrogens with zero attached hydrogens (tertiary/aromatic N) is 3. The zero-order chi connectivity index (χ0) is 16.9. The van der Waals surface area contributed by atoms with Crippen molar-refractivity contribution in [2.75, 3.05) is 6.61 Å². The van der Waals surface area contributed by atoms with Crippen LogP contribution in [0.25, 0.3) is 22.9 Å². The summed E-state index contributed by atoms with van der Waals surface area (Å²) in [4.78, 5) is 11.9. The average Bonchev–Trinajstić information content (AvgIpc) is 2.99. The third-order valence-corrected chi connectivity index (χ3v) is 3.53. The van der Waals surface area contributed by atoms with E-state index in [-0.39, 0.29) is 12.2 Å². The average molecular weight is 317 g/mol. The molecule has 0 amide bonds. The van der Waals surface area contributed by atoms with Crippen LogP contribution in [0.15, 0.2) is 60.3 Å². The van der Waals surface area contributed by atoms with Crippen LogP contribution < -0.4 is 0 Å². The van der Waals surface area contributed by atoms with Gasteiger partial charge in [0.2, 0.25) is 0 Å². The van der Waals surface area contributed by atoms with E-state index in [4.69, 9.17) is 4.74 Å². The van der Waals surface area contributed by atoms with Gasteiger partial charge in [-0.3, -0.25) is 0 Å². The normalized spacial score (nSPS) is 11.2. The van der Waals surface area contributed by atoms with Crippen molar-refractivity contribution in [2.24, 2.45) is 0 Å². The summed E-state index contributed by atoms with van der Waals surface area (Å²) in [6, 6.07) is 17.2. The number of benzene rings is 1. The molecule has 0 aliphatic rings. The first-order chi connectivity index (χ1) is 11.7. The molecular weight excluding hydrogens is 302 g/mol. The molecule has 0 unspecified atom stereocenters. The Hall–Kier alpha value is -3.39. The molecular formula is C19H15N3O2. The van der Waals surface area contributed by atoms with Gasteiger partial charge in [-0.15, -0.1) is 0 Å². The number of nitriles is 1. The van der Waals surface area contributed by atoms with Gasteiger partial charge in [0.05, 0.1) is 12.1 Å². The molecule has 3 rings (SSSR count). The van der Waals surface area contributed by atoms with Gasteiger partial charge in [-0.2, -0.15) is 10.4 Å². The molecule has 0 aliphatic carbocycles. The van der Waals surface area contributed by atoms with Crippen molar-refractivity contribution in [1.82, 2.24) is 9.61 Å². The van der Waals surface area contributed by atoms with Gasteiger partial charge in [-0.05, 0) is 25.1 Å². The van der Waals surface area contributed by atoms with Crippen LogP contribution in [-0.4, -0.2) is 22.2 Å². The lowest BCUT2D eigenvalue weighted by atomic mass is 10.0. The Labute approximate surface area is 139 Å². The number of hydrogen-bond donors (Lipinski definition) is 0. The first-order valence-corrected chi connectivity index (χ1v) is 7.56. The zero-order valence-corrected chi connectivity index (χ0v) is 13.1. The molecule has 2 heterocycles. The van der Waals surface area contributed by atoms with E-state index in [9.17, 15) is 10.1 Å². The Morgan fingerprint density at radius 3 is 2.71 bits per heavy atom. The summed E-state index contributed by atoms with van der Waals surface area (Å²) >= 11 is 0. The summed E-state index contributed by atoms with van der Waals surface area (Å²) in [5.41, 5.74) is 3.10. The maximum absolute atomic E-state index is 11.9. The second-order valence-electron chi connectivity index (χ2n) is 5.05. The Bertz CT molecular complexity index is 950. The van der Waals surface area contributed by atoms with Gasteiger partial charge >= 0.3 is 5.97 Å². The fourth-order valence-electron chi connectivity index (χ4n) is 2.46. The summed E-state index contributed by atoms with van der Waals surface area (Å²) < 4.78 is 6.67. The number of esters is 1. The maximum Gasteiger partial charge on any atom is 0.348 e. The largest absolute Gasteiger partial charge is 0.462 e. The number of carbonyl (C=O) groups is 1. The monoisotopic (exact) mass is 317 g/mol.